The van der Waals surface area contributed by atoms with Gasteiger partial charge in [0.1, 0.15) is 0 Å². The molecule has 1 aromatic heterocycles. The zero-order valence-corrected chi connectivity index (χ0v) is 13.1. The van der Waals surface area contributed by atoms with E-state index in [1.807, 2.05) is 12.1 Å². The van der Waals surface area contributed by atoms with E-state index in [2.05, 4.69) is 34.5 Å². The monoisotopic (exact) mass is 290 g/mol. The maximum Gasteiger partial charge on any atom is 0.218 e. The molecule has 1 saturated carbocycles. The molecule has 2 rings (SSSR count). The highest BCUT2D eigenvalue weighted by Gasteiger charge is 2.22. The molecule has 5 nitrogen and oxygen atoms in total. The summed E-state index contributed by atoms with van der Waals surface area (Å²) in [6, 6.07) is 4.55. The molecule has 5 heteroatoms. The Morgan fingerprint density at radius 3 is 3.00 bits per heavy atom. The van der Waals surface area contributed by atoms with Crippen LogP contribution in [0.1, 0.15) is 45.1 Å². The molecule has 0 saturated heterocycles. The van der Waals surface area contributed by atoms with E-state index in [1.165, 1.54) is 12.8 Å². The molecule has 0 unspecified atom stereocenters. The minimum absolute atomic E-state index is 0.581. The van der Waals surface area contributed by atoms with Crippen LogP contribution in [-0.2, 0) is 6.54 Å². The van der Waals surface area contributed by atoms with Crippen molar-refractivity contribution in [3.8, 4) is 5.88 Å². The van der Waals surface area contributed by atoms with Crippen LogP contribution in [0, 0.1) is 0 Å². The standard InChI is InChI=1S/C16H26N4O/c1-3-5-11-21-15-13(7-6-10-18-15)12-19-16(17-4-2)20-14-8-9-14/h6-7,10,14H,3-5,8-9,11-12H2,1-2H3,(H2,17,19,20). The lowest BCUT2D eigenvalue weighted by Crippen LogP contribution is -2.38. The molecule has 1 aromatic rings. The number of rotatable bonds is 8. The smallest absolute Gasteiger partial charge is 0.218 e. The Morgan fingerprint density at radius 2 is 2.29 bits per heavy atom. The predicted octanol–water partition coefficient (Wildman–Crippen LogP) is 2.48. The summed E-state index contributed by atoms with van der Waals surface area (Å²) in [5, 5.41) is 6.69. The minimum Gasteiger partial charge on any atom is -0.477 e. The first-order valence-corrected chi connectivity index (χ1v) is 7.95. The van der Waals surface area contributed by atoms with E-state index >= 15 is 0 Å². The average Bonchev–Trinajstić information content (AvgIpc) is 3.30. The van der Waals surface area contributed by atoms with E-state index in [0.29, 0.717) is 25.1 Å². The molecule has 0 radical (unpaired) electrons. The van der Waals surface area contributed by atoms with Crippen LogP contribution >= 0.6 is 0 Å². The molecule has 0 aromatic carbocycles. The molecule has 0 aliphatic heterocycles. The Labute approximate surface area is 127 Å². The van der Waals surface area contributed by atoms with Gasteiger partial charge in [0.25, 0.3) is 0 Å². The molecule has 1 aliphatic rings. The second-order valence-electron chi connectivity index (χ2n) is 5.28. The van der Waals surface area contributed by atoms with Crippen LogP contribution in [0.3, 0.4) is 0 Å². The van der Waals surface area contributed by atoms with Gasteiger partial charge < -0.3 is 15.4 Å². The van der Waals surface area contributed by atoms with Gasteiger partial charge in [-0.15, -0.1) is 0 Å². The maximum absolute atomic E-state index is 5.74. The average molecular weight is 290 g/mol. The summed E-state index contributed by atoms with van der Waals surface area (Å²) in [5.74, 6) is 1.58. The summed E-state index contributed by atoms with van der Waals surface area (Å²) in [7, 11) is 0. The molecule has 1 heterocycles. The number of aliphatic imine (C=N–C) groups is 1. The van der Waals surface area contributed by atoms with Crippen LogP contribution in [0.4, 0.5) is 0 Å². The molecular weight excluding hydrogens is 264 g/mol. The number of pyridine rings is 1. The van der Waals surface area contributed by atoms with Gasteiger partial charge in [0.15, 0.2) is 5.96 Å². The Balaban J connectivity index is 1.95. The summed E-state index contributed by atoms with van der Waals surface area (Å²) in [6.45, 7) is 6.39. The zero-order chi connectivity index (χ0) is 14.9. The first-order valence-electron chi connectivity index (χ1n) is 7.95. The van der Waals surface area contributed by atoms with Crippen molar-refractivity contribution in [1.29, 1.82) is 0 Å². The highest BCUT2D eigenvalue weighted by molar-refractivity contribution is 5.80. The number of guanidine groups is 1. The van der Waals surface area contributed by atoms with Crippen LogP contribution in [0.25, 0.3) is 0 Å². The molecule has 116 valence electrons. The van der Waals surface area contributed by atoms with Crippen molar-refractivity contribution in [3.05, 3.63) is 23.9 Å². The first-order chi connectivity index (χ1) is 10.3. The highest BCUT2D eigenvalue weighted by Crippen LogP contribution is 2.19. The minimum atomic E-state index is 0.581. The van der Waals surface area contributed by atoms with Crippen LogP contribution in [-0.4, -0.2) is 30.1 Å². The Kier molecular flexibility index (Phi) is 6.31. The van der Waals surface area contributed by atoms with Gasteiger partial charge in [-0.05, 0) is 32.3 Å². The number of hydrogen-bond donors (Lipinski definition) is 2. The Morgan fingerprint density at radius 1 is 1.43 bits per heavy atom. The second-order valence-corrected chi connectivity index (χ2v) is 5.28. The molecule has 0 atom stereocenters. The third-order valence-electron chi connectivity index (χ3n) is 3.26. The molecule has 0 spiro atoms. The fourth-order valence-electron chi connectivity index (χ4n) is 1.89. The summed E-state index contributed by atoms with van der Waals surface area (Å²) >= 11 is 0. The van der Waals surface area contributed by atoms with Crippen LogP contribution in [0.15, 0.2) is 23.3 Å². The number of aromatic nitrogens is 1. The van der Waals surface area contributed by atoms with Gasteiger partial charge in [0.2, 0.25) is 5.88 Å². The largest absolute Gasteiger partial charge is 0.477 e. The number of nitrogens with zero attached hydrogens (tertiary/aromatic N) is 2. The van der Waals surface area contributed by atoms with Crippen molar-refractivity contribution >= 4 is 5.96 Å². The van der Waals surface area contributed by atoms with Crippen molar-refractivity contribution in [1.82, 2.24) is 15.6 Å². The number of nitrogens with one attached hydrogen (secondary N) is 2. The third-order valence-corrected chi connectivity index (χ3v) is 3.26. The lowest BCUT2D eigenvalue weighted by Gasteiger charge is -2.11. The Bertz CT molecular complexity index is 457. The van der Waals surface area contributed by atoms with Crippen molar-refractivity contribution in [2.24, 2.45) is 4.99 Å². The third kappa shape index (κ3) is 5.61. The van der Waals surface area contributed by atoms with Gasteiger partial charge in [-0.2, -0.15) is 0 Å². The summed E-state index contributed by atoms with van der Waals surface area (Å²) in [4.78, 5) is 8.94. The quantitative estimate of drug-likeness (QED) is 0.439. The zero-order valence-electron chi connectivity index (χ0n) is 13.1. The van der Waals surface area contributed by atoms with Crippen molar-refractivity contribution in [2.45, 2.75) is 52.1 Å². The van der Waals surface area contributed by atoms with E-state index in [9.17, 15) is 0 Å². The van der Waals surface area contributed by atoms with Gasteiger partial charge >= 0.3 is 0 Å². The molecular formula is C16H26N4O. The summed E-state index contributed by atoms with van der Waals surface area (Å²) in [6.07, 6.45) is 6.41. The maximum atomic E-state index is 5.74. The SMILES string of the molecule is CCCCOc1ncccc1CN=C(NCC)NC1CC1. The second kappa shape index (κ2) is 8.49. The molecule has 0 bridgehead atoms. The molecule has 2 N–H and O–H groups in total. The van der Waals surface area contributed by atoms with Crippen molar-refractivity contribution in [3.63, 3.8) is 0 Å². The fourth-order valence-corrected chi connectivity index (χ4v) is 1.89. The number of hydrogen-bond acceptors (Lipinski definition) is 3. The number of unbranched alkanes of at least 4 members (excludes halogenated alkanes) is 1. The summed E-state index contributed by atoms with van der Waals surface area (Å²) < 4.78 is 5.74. The van der Waals surface area contributed by atoms with Crippen LogP contribution in [0.2, 0.25) is 0 Å². The van der Waals surface area contributed by atoms with Crippen molar-refractivity contribution in [2.75, 3.05) is 13.2 Å². The molecule has 1 aliphatic carbocycles. The fraction of sp³-hybridized carbons (Fsp3) is 0.625. The normalized spacial score (nSPS) is 14.9. The lowest BCUT2D eigenvalue weighted by atomic mass is 10.3. The molecule has 1 fully saturated rings. The van der Waals surface area contributed by atoms with E-state index < -0.39 is 0 Å². The van der Waals surface area contributed by atoms with E-state index in [1.54, 1.807) is 6.20 Å². The topological polar surface area (TPSA) is 58.5 Å². The van der Waals surface area contributed by atoms with E-state index in [-0.39, 0.29) is 0 Å². The van der Waals surface area contributed by atoms with Gasteiger partial charge in [-0.25, -0.2) is 9.98 Å². The van der Waals surface area contributed by atoms with Crippen LogP contribution < -0.4 is 15.4 Å². The molecule has 21 heavy (non-hydrogen) atoms. The van der Waals surface area contributed by atoms with Gasteiger partial charge in [0.05, 0.1) is 13.2 Å². The van der Waals surface area contributed by atoms with Gasteiger partial charge in [0, 0.05) is 24.3 Å². The first kappa shape index (κ1) is 15.6. The Hall–Kier alpha value is -1.78. The van der Waals surface area contributed by atoms with Gasteiger partial charge in [-0.1, -0.05) is 19.4 Å². The lowest BCUT2D eigenvalue weighted by molar-refractivity contribution is 0.294. The van der Waals surface area contributed by atoms with E-state index in [0.717, 1.165) is 30.9 Å². The van der Waals surface area contributed by atoms with Crippen LogP contribution in [0.5, 0.6) is 5.88 Å². The number of ether oxygens (including phenoxy) is 1. The predicted molar refractivity (Wildman–Crippen MR) is 85.6 cm³/mol. The van der Waals surface area contributed by atoms with E-state index in [4.69, 9.17) is 4.74 Å². The molecule has 0 amide bonds. The summed E-state index contributed by atoms with van der Waals surface area (Å²) in [5.41, 5.74) is 1.03. The van der Waals surface area contributed by atoms with Crippen molar-refractivity contribution < 1.29 is 4.74 Å². The van der Waals surface area contributed by atoms with Gasteiger partial charge in [-0.3, -0.25) is 0 Å². The highest BCUT2D eigenvalue weighted by atomic mass is 16.5.